The Kier molecular flexibility index (Phi) is 5.59. The van der Waals surface area contributed by atoms with Crippen molar-refractivity contribution in [3.8, 4) is 0 Å². The van der Waals surface area contributed by atoms with E-state index in [9.17, 15) is 4.79 Å². The maximum atomic E-state index is 12.3. The third kappa shape index (κ3) is 4.41. The fourth-order valence-electron chi connectivity index (χ4n) is 3.01. The maximum absolute atomic E-state index is 12.3. The molecule has 1 amide bonds. The van der Waals surface area contributed by atoms with Gasteiger partial charge in [-0.1, -0.05) is 40.6 Å². The van der Waals surface area contributed by atoms with Crippen LogP contribution in [0.15, 0.2) is 35.0 Å². The highest BCUT2D eigenvalue weighted by atomic mass is 16.6. The zero-order valence-corrected chi connectivity index (χ0v) is 14.1. The van der Waals surface area contributed by atoms with E-state index in [1.54, 1.807) is 0 Å². The van der Waals surface area contributed by atoms with Crippen LogP contribution in [0.4, 0.5) is 0 Å². The predicted molar refractivity (Wildman–Crippen MR) is 90.3 cm³/mol. The molecule has 24 heavy (non-hydrogen) atoms. The van der Waals surface area contributed by atoms with E-state index in [0.717, 1.165) is 57.0 Å². The number of amides is 1. The number of nitrogens with zero attached hydrogens (tertiary/aromatic N) is 4. The van der Waals surface area contributed by atoms with Gasteiger partial charge in [0, 0.05) is 39.1 Å². The van der Waals surface area contributed by atoms with Crippen molar-refractivity contribution in [1.82, 2.24) is 20.1 Å². The zero-order valence-electron chi connectivity index (χ0n) is 14.1. The molecule has 0 N–H and O–H groups in total. The molecule has 0 saturated carbocycles. The summed E-state index contributed by atoms with van der Waals surface area (Å²) in [5.41, 5.74) is 3.03. The monoisotopic (exact) mass is 328 g/mol. The lowest BCUT2D eigenvalue weighted by Crippen LogP contribution is -2.48. The Bertz CT molecular complexity index is 648. The minimum atomic E-state index is 0.268. The molecule has 1 fully saturated rings. The number of aryl methyl sites for hydroxylation is 2. The highest BCUT2D eigenvalue weighted by Crippen LogP contribution is 2.11. The first-order chi connectivity index (χ1) is 11.7. The van der Waals surface area contributed by atoms with Crippen molar-refractivity contribution in [3.05, 3.63) is 47.3 Å². The van der Waals surface area contributed by atoms with Gasteiger partial charge in [-0.2, -0.15) is 0 Å². The van der Waals surface area contributed by atoms with Crippen LogP contribution in [0.3, 0.4) is 0 Å². The summed E-state index contributed by atoms with van der Waals surface area (Å²) in [5.74, 6) is 0.268. The molecule has 1 aliphatic rings. The van der Waals surface area contributed by atoms with Gasteiger partial charge in [-0.3, -0.25) is 9.69 Å². The van der Waals surface area contributed by atoms with Crippen molar-refractivity contribution in [2.45, 2.75) is 32.7 Å². The molecule has 128 valence electrons. The summed E-state index contributed by atoms with van der Waals surface area (Å²) in [5, 5.41) is 7.73. The van der Waals surface area contributed by atoms with Crippen LogP contribution in [0.5, 0.6) is 0 Å². The smallest absolute Gasteiger partial charge is 0.222 e. The molecule has 6 heteroatoms. The molecular weight excluding hydrogens is 304 g/mol. The minimum Gasteiger partial charge on any atom is -0.340 e. The average molecular weight is 328 g/mol. The van der Waals surface area contributed by atoms with Crippen LogP contribution >= 0.6 is 0 Å². The van der Waals surface area contributed by atoms with Crippen molar-refractivity contribution >= 4 is 5.91 Å². The fraction of sp³-hybridized carbons (Fsp3) is 0.500. The van der Waals surface area contributed by atoms with Gasteiger partial charge in [-0.25, -0.2) is 4.63 Å². The summed E-state index contributed by atoms with van der Waals surface area (Å²) in [6.45, 7) is 5.96. The summed E-state index contributed by atoms with van der Waals surface area (Å²) >= 11 is 0. The molecule has 1 aromatic carbocycles. The van der Waals surface area contributed by atoms with Crippen LogP contribution < -0.4 is 0 Å². The Labute approximate surface area is 142 Å². The van der Waals surface area contributed by atoms with Crippen LogP contribution in [-0.2, 0) is 17.8 Å². The molecular formula is C18H24N4O2. The largest absolute Gasteiger partial charge is 0.340 e. The van der Waals surface area contributed by atoms with Crippen LogP contribution in [0.25, 0.3) is 0 Å². The second-order valence-corrected chi connectivity index (χ2v) is 6.29. The molecule has 0 spiro atoms. The SMILES string of the molecule is Cc1nonc1CN1CCN(C(=O)CCCc2ccccc2)CC1. The van der Waals surface area contributed by atoms with Crippen molar-refractivity contribution in [2.75, 3.05) is 26.2 Å². The van der Waals surface area contributed by atoms with Gasteiger partial charge in [-0.05, 0) is 25.3 Å². The molecule has 0 unspecified atom stereocenters. The normalized spacial score (nSPS) is 15.6. The topological polar surface area (TPSA) is 62.5 Å². The molecule has 2 heterocycles. The van der Waals surface area contributed by atoms with Crippen molar-refractivity contribution in [3.63, 3.8) is 0 Å². The lowest BCUT2D eigenvalue weighted by Gasteiger charge is -2.34. The third-order valence-corrected chi connectivity index (χ3v) is 4.54. The van der Waals surface area contributed by atoms with Gasteiger partial charge >= 0.3 is 0 Å². The standard InChI is InChI=1S/C18H24N4O2/c1-15-17(20-24-19-15)14-21-10-12-22(13-11-21)18(23)9-5-8-16-6-3-2-4-7-16/h2-4,6-7H,5,8-14H2,1H3. The fourth-order valence-corrected chi connectivity index (χ4v) is 3.01. The van der Waals surface area contributed by atoms with Crippen molar-refractivity contribution < 1.29 is 9.42 Å². The van der Waals surface area contributed by atoms with E-state index in [0.29, 0.717) is 6.42 Å². The van der Waals surface area contributed by atoms with Gasteiger partial charge < -0.3 is 4.90 Å². The number of carbonyl (C=O) groups excluding carboxylic acids is 1. The average Bonchev–Trinajstić information content (AvgIpc) is 3.01. The lowest BCUT2D eigenvalue weighted by atomic mass is 10.1. The summed E-state index contributed by atoms with van der Waals surface area (Å²) < 4.78 is 4.74. The number of hydrogen-bond donors (Lipinski definition) is 0. The summed E-state index contributed by atoms with van der Waals surface area (Å²) in [6, 6.07) is 10.3. The van der Waals surface area contributed by atoms with Crippen molar-refractivity contribution in [2.24, 2.45) is 0 Å². The van der Waals surface area contributed by atoms with Gasteiger partial charge in [0.2, 0.25) is 5.91 Å². The molecule has 0 aliphatic carbocycles. The Morgan fingerprint density at radius 2 is 1.88 bits per heavy atom. The van der Waals surface area contributed by atoms with Crippen LogP contribution in [0.2, 0.25) is 0 Å². The first-order valence-electron chi connectivity index (χ1n) is 8.54. The van der Waals surface area contributed by atoms with Gasteiger partial charge in [0.25, 0.3) is 0 Å². The highest BCUT2D eigenvalue weighted by molar-refractivity contribution is 5.76. The summed E-state index contributed by atoms with van der Waals surface area (Å²) in [7, 11) is 0. The second-order valence-electron chi connectivity index (χ2n) is 6.29. The number of hydrogen-bond acceptors (Lipinski definition) is 5. The van der Waals surface area contributed by atoms with E-state index in [2.05, 4.69) is 27.3 Å². The van der Waals surface area contributed by atoms with Crippen LogP contribution in [0, 0.1) is 6.92 Å². The minimum absolute atomic E-state index is 0.268. The van der Waals surface area contributed by atoms with E-state index >= 15 is 0 Å². The molecule has 3 rings (SSSR count). The number of rotatable bonds is 6. The predicted octanol–water partition coefficient (Wildman–Crippen LogP) is 2.05. The van der Waals surface area contributed by atoms with E-state index in [-0.39, 0.29) is 5.91 Å². The molecule has 1 aromatic heterocycles. The molecule has 0 bridgehead atoms. The van der Waals surface area contributed by atoms with E-state index < -0.39 is 0 Å². The van der Waals surface area contributed by atoms with E-state index in [1.165, 1.54) is 5.56 Å². The van der Waals surface area contributed by atoms with Crippen LogP contribution in [0.1, 0.15) is 29.8 Å². The zero-order chi connectivity index (χ0) is 16.8. The Morgan fingerprint density at radius 1 is 1.12 bits per heavy atom. The lowest BCUT2D eigenvalue weighted by molar-refractivity contribution is -0.133. The van der Waals surface area contributed by atoms with E-state index in [1.807, 2.05) is 30.0 Å². The number of carbonyl (C=O) groups is 1. The Hall–Kier alpha value is -2.21. The first kappa shape index (κ1) is 16.6. The van der Waals surface area contributed by atoms with Crippen LogP contribution in [-0.4, -0.2) is 52.2 Å². The number of aromatic nitrogens is 2. The molecule has 6 nitrogen and oxygen atoms in total. The highest BCUT2D eigenvalue weighted by Gasteiger charge is 2.22. The molecule has 0 radical (unpaired) electrons. The molecule has 2 aromatic rings. The molecule has 1 saturated heterocycles. The summed E-state index contributed by atoms with van der Waals surface area (Å²) in [4.78, 5) is 16.6. The summed E-state index contributed by atoms with van der Waals surface area (Å²) in [6.07, 6.45) is 2.50. The second kappa shape index (κ2) is 8.06. The number of benzene rings is 1. The maximum Gasteiger partial charge on any atom is 0.222 e. The van der Waals surface area contributed by atoms with Crippen molar-refractivity contribution in [1.29, 1.82) is 0 Å². The Balaban J connectivity index is 1.38. The quantitative estimate of drug-likeness (QED) is 0.812. The van der Waals surface area contributed by atoms with Gasteiger partial charge in [0.05, 0.1) is 0 Å². The first-order valence-corrected chi connectivity index (χ1v) is 8.54. The van der Waals surface area contributed by atoms with Gasteiger partial charge in [0.1, 0.15) is 11.4 Å². The molecule has 0 atom stereocenters. The Morgan fingerprint density at radius 3 is 2.54 bits per heavy atom. The van der Waals surface area contributed by atoms with Gasteiger partial charge in [-0.15, -0.1) is 0 Å². The molecule has 1 aliphatic heterocycles. The third-order valence-electron chi connectivity index (χ3n) is 4.54. The number of piperazine rings is 1. The van der Waals surface area contributed by atoms with E-state index in [4.69, 9.17) is 4.63 Å². The van der Waals surface area contributed by atoms with Gasteiger partial charge in [0.15, 0.2) is 0 Å².